The SMILES string of the molecule is CCNC(N)=NCCc1cc(Nc2ccc(Cl)c(Cl)c2)cc2c1[nH]c1ccc(Cl)cc12. The van der Waals surface area contributed by atoms with E-state index in [1.165, 1.54) is 0 Å². The molecule has 8 heteroatoms. The first-order valence-corrected chi connectivity index (χ1v) is 11.1. The molecule has 4 aromatic rings. The lowest BCUT2D eigenvalue weighted by molar-refractivity contribution is 0.908. The second-order valence-corrected chi connectivity index (χ2v) is 8.42. The number of guanidine groups is 1. The molecule has 0 aliphatic carbocycles. The summed E-state index contributed by atoms with van der Waals surface area (Å²) in [6, 6.07) is 15.5. The van der Waals surface area contributed by atoms with Crippen LogP contribution in [0.2, 0.25) is 15.1 Å². The van der Waals surface area contributed by atoms with E-state index in [1.807, 2.05) is 31.2 Å². The van der Waals surface area contributed by atoms with Crippen LogP contribution in [0.1, 0.15) is 12.5 Å². The number of anilines is 2. The van der Waals surface area contributed by atoms with Crippen LogP contribution in [0.4, 0.5) is 11.4 Å². The van der Waals surface area contributed by atoms with Crippen molar-refractivity contribution in [3.63, 3.8) is 0 Å². The predicted molar refractivity (Wildman–Crippen MR) is 134 cm³/mol. The fourth-order valence-corrected chi connectivity index (χ4v) is 4.06. The molecule has 0 amide bonds. The maximum Gasteiger partial charge on any atom is 0.188 e. The number of benzene rings is 3. The van der Waals surface area contributed by atoms with Crippen LogP contribution in [0, 0.1) is 0 Å². The van der Waals surface area contributed by atoms with Gasteiger partial charge in [-0.05, 0) is 67.4 Å². The molecule has 0 unspecified atom stereocenters. The van der Waals surface area contributed by atoms with E-state index in [1.54, 1.807) is 12.1 Å². The molecule has 5 N–H and O–H groups in total. The van der Waals surface area contributed by atoms with Gasteiger partial charge in [-0.1, -0.05) is 34.8 Å². The molecule has 0 atom stereocenters. The molecule has 0 spiro atoms. The molecule has 1 heterocycles. The Balaban J connectivity index is 1.76. The normalized spacial score (nSPS) is 11.9. The topological polar surface area (TPSA) is 78.2 Å². The Hall–Kier alpha value is -2.60. The summed E-state index contributed by atoms with van der Waals surface area (Å²) in [5.41, 5.74) is 10.9. The summed E-state index contributed by atoms with van der Waals surface area (Å²) in [7, 11) is 0. The number of aliphatic imine (C=N–C) groups is 1. The third-order valence-corrected chi connectivity index (χ3v) is 5.96. The molecule has 5 nitrogen and oxygen atoms in total. The van der Waals surface area contributed by atoms with Gasteiger partial charge in [0.2, 0.25) is 0 Å². The molecule has 0 saturated carbocycles. The Morgan fingerprint density at radius 1 is 0.968 bits per heavy atom. The largest absolute Gasteiger partial charge is 0.370 e. The summed E-state index contributed by atoms with van der Waals surface area (Å²) in [5, 5.41) is 10.3. The highest BCUT2D eigenvalue weighted by molar-refractivity contribution is 6.42. The zero-order valence-electron chi connectivity index (χ0n) is 16.9. The van der Waals surface area contributed by atoms with Crippen molar-refractivity contribution in [1.29, 1.82) is 0 Å². The van der Waals surface area contributed by atoms with E-state index in [2.05, 4.69) is 32.7 Å². The number of nitrogens with one attached hydrogen (secondary N) is 3. The molecule has 0 fully saturated rings. The minimum absolute atomic E-state index is 0.451. The second-order valence-electron chi connectivity index (χ2n) is 7.17. The summed E-state index contributed by atoms with van der Waals surface area (Å²) in [5.74, 6) is 0.451. The zero-order valence-corrected chi connectivity index (χ0v) is 19.2. The first-order chi connectivity index (χ1) is 14.9. The number of H-pyrrole nitrogens is 1. The van der Waals surface area contributed by atoms with Crippen LogP contribution in [0.3, 0.4) is 0 Å². The van der Waals surface area contributed by atoms with Gasteiger partial charge in [0.1, 0.15) is 0 Å². The molecule has 0 radical (unpaired) electrons. The number of rotatable bonds is 6. The first kappa shape index (κ1) is 21.6. The van der Waals surface area contributed by atoms with E-state index in [0.29, 0.717) is 27.6 Å². The number of hydrogen-bond donors (Lipinski definition) is 4. The number of nitrogens with two attached hydrogens (primary N) is 1. The van der Waals surface area contributed by atoms with Gasteiger partial charge in [-0.15, -0.1) is 0 Å². The minimum atomic E-state index is 0.451. The number of aromatic nitrogens is 1. The molecule has 4 rings (SSSR count). The molecule has 31 heavy (non-hydrogen) atoms. The Kier molecular flexibility index (Phi) is 6.46. The number of halogens is 3. The lowest BCUT2D eigenvalue weighted by atomic mass is 10.0. The summed E-state index contributed by atoms with van der Waals surface area (Å²) in [6.45, 7) is 3.30. The lowest BCUT2D eigenvalue weighted by Gasteiger charge is -2.11. The van der Waals surface area contributed by atoms with Crippen LogP contribution in [-0.4, -0.2) is 24.0 Å². The Labute approximate surface area is 195 Å². The van der Waals surface area contributed by atoms with Crippen LogP contribution >= 0.6 is 34.8 Å². The van der Waals surface area contributed by atoms with Gasteiger partial charge in [0.15, 0.2) is 5.96 Å². The predicted octanol–water partition coefficient (Wildman–Crippen LogP) is 6.49. The van der Waals surface area contributed by atoms with E-state index >= 15 is 0 Å². The van der Waals surface area contributed by atoms with Gasteiger partial charge >= 0.3 is 0 Å². The Bertz CT molecular complexity index is 1280. The fraction of sp³-hybridized carbons (Fsp3) is 0.174. The standard InChI is InChI=1S/C23H22Cl3N5/c1-2-28-23(27)29-8-7-13-9-16(30-15-4-5-19(25)20(26)12-15)11-18-17-10-14(24)3-6-21(17)31-22(13)18/h3-6,9-12,30-31H,2,7-8H2,1H3,(H3,27,28,29). The molecular weight excluding hydrogens is 453 g/mol. The molecule has 160 valence electrons. The average Bonchev–Trinajstić information content (AvgIpc) is 3.09. The zero-order chi connectivity index (χ0) is 22.0. The molecular formula is C23H22Cl3N5. The van der Waals surface area contributed by atoms with Crippen LogP contribution in [-0.2, 0) is 6.42 Å². The van der Waals surface area contributed by atoms with Crippen molar-refractivity contribution >= 4 is 73.9 Å². The van der Waals surface area contributed by atoms with Crippen molar-refractivity contribution < 1.29 is 0 Å². The highest BCUT2D eigenvalue weighted by Gasteiger charge is 2.12. The summed E-state index contributed by atoms with van der Waals surface area (Å²) < 4.78 is 0. The van der Waals surface area contributed by atoms with Crippen molar-refractivity contribution in [3.8, 4) is 0 Å². The maximum absolute atomic E-state index is 6.27. The summed E-state index contributed by atoms with van der Waals surface area (Å²) in [6.07, 6.45) is 0.722. The van der Waals surface area contributed by atoms with Crippen molar-refractivity contribution in [1.82, 2.24) is 10.3 Å². The van der Waals surface area contributed by atoms with Crippen LogP contribution < -0.4 is 16.4 Å². The minimum Gasteiger partial charge on any atom is -0.370 e. The molecule has 3 aromatic carbocycles. The lowest BCUT2D eigenvalue weighted by Crippen LogP contribution is -2.31. The van der Waals surface area contributed by atoms with Crippen molar-refractivity contribution in [2.24, 2.45) is 10.7 Å². The van der Waals surface area contributed by atoms with Gasteiger partial charge in [-0.2, -0.15) is 0 Å². The average molecular weight is 475 g/mol. The quantitative estimate of drug-likeness (QED) is 0.190. The number of hydrogen-bond acceptors (Lipinski definition) is 2. The fourth-order valence-electron chi connectivity index (χ4n) is 3.59. The second kappa shape index (κ2) is 9.27. The van der Waals surface area contributed by atoms with E-state index in [9.17, 15) is 0 Å². The van der Waals surface area contributed by atoms with E-state index in [-0.39, 0.29) is 0 Å². The Morgan fingerprint density at radius 3 is 2.58 bits per heavy atom. The molecule has 0 saturated heterocycles. The third-order valence-electron chi connectivity index (χ3n) is 4.98. The van der Waals surface area contributed by atoms with Crippen LogP contribution in [0.15, 0.2) is 53.5 Å². The molecule has 0 bridgehead atoms. The summed E-state index contributed by atoms with van der Waals surface area (Å²) >= 11 is 18.5. The van der Waals surface area contributed by atoms with E-state index < -0.39 is 0 Å². The smallest absolute Gasteiger partial charge is 0.188 e. The van der Waals surface area contributed by atoms with Crippen molar-refractivity contribution in [2.75, 3.05) is 18.4 Å². The van der Waals surface area contributed by atoms with E-state index in [4.69, 9.17) is 40.5 Å². The Morgan fingerprint density at radius 2 is 1.81 bits per heavy atom. The van der Waals surface area contributed by atoms with E-state index in [0.717, 1.165) is 51.7 Å². The highest BCUT2D eigenvalue weighted by Crippen LogP contribution is 2.34. The van der Waals surface area contributed by atoms with Gasteiger partial charge < -0.3 is 21.4 Å². The summed E-state index contributed by atoms with van der Waals surface area (Å²) in [4.78, 5) is 7.94. The monoisotopic (exact) mass is 473 g/mol. The van der Waals surface area contributed by atoms with Gasteiger partial charge in [-0.25, -0.2) is 0 Å². The number of nitrogens with zero attached hydrogens (tertiary/aromatic N) is 1. The van der Waals surface area contributed by atoms with Gasteiger partial charge in [0.05, 0.1) is 10.0 Å². The number of fused-ring (bicyclic) bond motifs is 3. The molecule has 1 aromatic heterocycles. The van der Waals surface area contributed by atoms with Crippen LogP contribution in [0.25, 0.3) is 21.8 Å². The first-order valence-electron chi connectivity index (χ1n) is 9.94. The number of aromatic amines is 1. The van der Waals surface area contributed by atoms with Crippen molar-refractivity contribution in [2.45, 2.75) is 13.3 Å². The maximum atomic E-state index is 6.27. The third kappa shape index (κ3) is 4.85. The highest BCUT2D eigenvalue weighted by atomic mass is 35.5. The molecule has 0 aliphatic heterocycles. The van der Waals surface area contributed by atoms with Crippen LogP contribution in [0.5, 0.6) is 0 Å². The van der Waals surface area contributed by atoms with Crippen molar-refractivity contribution in [3.05, 3.63) is 69.2 Å². The van der Waals surface area contributed by atoms with Gasteiger partial charge in [-0.3, -0.25) is 4.99 Å². The molecule has 0 aliphatic rings. The van der Waals surface area contributed by atoms with Gasteiger partial charge in [0.25, 0.3) is 0 Å². The van der Waals surface area contributed by atoms with Gasteiger partial charge in [0, 0.05) is 51.3 Å².